The molecule has 0 bridgehead atoms. The van der Waals surface area contributed by atoms with Crippen LogP contribution in [0.15, 0.2) is 60.8 Å². The van der Waals surface area contributed by atoms with Crippen molar-refractivity contribution in [1.29, 1.82) is 0 Å². The molecule has 0 aliphatic carbocycles. The minimum atomic E-state index is -0.215. The molecule has 0 unspecified atom stereocenters. The fraction of sp³-hybridized carbons (Fsp3) is 0.250. The van der Waals surface area contributed by atoms with E-state index in [1.807, 2.05) is 35.2 Å². The monoisotopic (exact) mass is 445 g/mol. The number of hydrogen-bond acceptors (Lipinski definition) is 7. The van der Waals surface area contributed by atoms with Crippen molar-refractivity contribution >= 4 is 35.0 Å². The van der Waals surface area contributed by atoms with Gasteiger partial charge in [0.2, 0.25) is 11.9 Å². The lowest BCUT2D eigenvalue weighted by molar-refractivity contribution is -0.129. The highest BCUT2D eigenvalue weighted by Gasteiger charge is 2.19. The maximum absolute atomic E-state index is 12.5. The highest BCUT2D eigenvalue weighted by molar-refractivity contribution is 6.05. The number of carbonyl (C=O) groups is 2. The molecule has 1 aliphatic rings. The van der Waals surface area contributed by atoms with Gasteiger partial charge < -0.3 is 26.2 Å². The van der Waals surface area contributed by atoms with Gasteiger partial charge in [0.15, 0.2) is 0 Å². The van der Waals surface area contributed by atoms with Gasteiger partial charge in [-0.25, -0.2) is 4.98 Å². The van der Waals surface area contributed by atoms with E-state index in [1.165, 1.54) is 0 Å². The summed E-state index contributed by atoms with van der Waals surface area (Å²) in [6.07, 6.45) is 1.73. The summed E-state index contributed by atoms with van der Waals surface area (Å²) in [5, 5.41) is 6.06. The number of aromatic nitrogens is 2. The van der Waals surface area contributed by atoms with Gasteiger partial charge in [-0.1, -0.05) is 24.3 Å². The number of anilines is 4. The fourth-order valence-corrected chi connectivity index (χ4v) is 3.62. The predicted molar refractivity (Wildman–Crippen MR) is 129 cm³/mol. The molecule has 0 spiro atoms. The van der Waals surface area contributed by atoms with Crippen LogP contribution in [0.2, 0.25) is 0 Å². The Labute approximate surface area is 192 Å². The van der Waals surface area contributed by atoms with Gasteiger partial charge >= 0.3 is 0 Å². The Kier molecular flexibility index (Phi) is 6.68. The summed E-state index contributed by atoms with van der Waals surface area (Å²) < 4.78 is 0. The second-order valence-corrected chi connectivity index (χ2v) is 7.82. The van der Waals surface area contributed by atoms with Gasteiger partial charge in [0, 0.05) is 51.4 Å². The average molecular weight is 446 g/mol. The molecule has 9 heteroatoms. The van der Waals surface area contributed by atoms with E-state index < -0.39 is 0 Å². The van der Waals surface area contributed by atoms with E-state index in [0.29, 0.717) is 42.5 Å². The third kappa shape index (κ3) is 5.57. The topological polar surface area (TPSA) is 116 Å². The third-order valence-corrected chi connectivity index (χ3v) is 5.57. The summed E-state index contributed by atoms with van der Waals surface area (Å²) in [6, 6.07) is 16.4. The lowest BCUT2D eigenvalue weighted by Gasteiger charge is -2.34. The SMILES string of the molecule is CC(=O)N1CCN(c2ccnc(NCc3ccc(C(=O)Nc4ccccc4N)cc3)n2)CC1. The summed E-state index contributed by atoms with van der Waals surface area (Å²) in [6.45, 7) is 5.00. The highest BCUT2D eigenvalue weighted by Crippen LogP contribution is 2.19. The summed E-state index contributed by atoms with van der Waals surface area (Å²) >= 11 is 0. The lowest BCUT2D eigenvalue weighted by atomic mass is 10.1. The molecule has 2 heterocycles. The van der Waals surface area contributed by atoms with Gasteiger partial charge in [0.1, 0.15) is 5.82 Å². The van der Waals surface area contributed by atoms with E-state index in [0.717, 1.165) is 24.5 Å². The number of amides is 2. The molecule has 1 fully saturated rings. The highest BCUT2D eigenvalue weighted by atomic mass is 16.2. The smallest absolute Gasteiger partial charge is 0.255 e. The van der Waals surface area contributed by atoms with Crippen molar-refractivity contribution < 1.29 is 9.59 Å². The second-order valence-electron chi connectivity index (χ2n) is 7.82. The van der Waals surface area contributed by atoms with E-state index in [1.54, 1.807) is 37.4 Å². The van der Waals surface area contributed by atoms with Crippen LogP contribution in [0.5, 0.6) is 0 Å². The first kappa shape index (κ1) is 22.1. The Balaban J connectivity index is 1.32. The molecule has 2 aromatic carbocycles. The van der Waals surface area contributed by atoms with Crippen molar-refractivity contribution in [3.05, 3.63) is 71.9 Å². The summed E-state index contributed by atoms with van der Waals surface area (Å²) in [4.78, 5) is 36.9. The normalized spacial score (nSPS) is 13.5. The van der Waals surface area contributed by atoms with Gasteiger partial charge in [-0.2, -0.15) is 4.98 Å². The molecule has 1 saturated heterocycles. The van der Waals surface area contributed by atoms with Crippen LogP contribution in [0, 0.1) is 0 Å². The van der Waals surface area contributed by atoms with Crippen LogP contribution in [0.25, 0.3) is 0 Å². The minimum Gasteiger partial charge on any atom is -0.397 e. The van der Waals surface area contributed by atoms with Crippen molar-refractivity contribution in [2.45, 2.75) is 13.5 Å². The van der Waals surface area contributed by atoms with E-state index >= 15 is 0 Å². The zero-order valence-corrected chi connectivity index (χ0v) is 18.5. The fourth-order valence-electron chi connectivity index (χ4n) is 3.62. The number of nitrogens with one attached hydrogen (secondary N) is 2. The number of hydrogen-bond donors (Lipinski definition) is 3. The standard InChI is InChI=1S/C24H27N7O2/c1-17(32)30-12-14-31(15-13-30)22-10-11-26-24(29-22)27-16-18-6-8-19(9-7-18)23(33)28-21-5-3-2-4-20(21)25/h2-11H,12-16,25H2,1H3,(H,28,33)(H,26,27,29). The number of piperazine rings is 1. The Morgan fingerprint density at radius 2 is 1.73 bits per heavy atom. The van der Waals surface area contributed by atoms with Crippen molar-refractivity contribution in [1.82, 2.24) is 14.9 Å². The van der Waals surface area contributed by atoms with Crippen LogP contribution in [-0.4, -0.2) is 52.9 Å². The minimum absolute atomic E-state index is 0.104. The molecule has 9 nitrogen and oxygen atoms in total. The van der Waals surface area contributed by atoms with Crippen LogP contribution >= 0.6 is 0 Å². The number of nitrogens with zero attached hydrogens (tertiary/aromatic N) is 4. The molecule has 2 amide bonds. The number of nitrogen functional groups attached to an aromatic ring is 1. The molecule has 4 rings (SSSR count). The second kappa shape index (κ2) is 9.99. The molecular formula is C24H27N7O2. The molecule has 0 atom stereocenters. The van der Waals surface area contributed by atoms with Crippen LogP contribution < -0.4 is 21.3 Å². The Bertz CT molecular complexity index is 1130. The Morgan fingerprint density at radius 3 is 2.42 bits per heavy atom. The molecule has 4 N–H and O–H groups in total. The lowest BCUT2D eigenvalue weighted by Crippen LogP contribution is -2.48. The van der Waals surface area contributed by atoms with Gasteiger partial charge in [-0.3, -0.25) is 9.59 Å². The average Bonchev–Trinajstić information content (AvgIpc) is 2.84. The van der Waals surface area contributed by atoms with Crippen molar-refractivity contribution in [3.8, 4) is 0 Å². The molecular weight excluding hydrogens is 418 g/mol. The van der Waals surface area contributed by atoms with Crippen LogP contribution in [0.3, 0.4) is 0 Å². The first-order valence-corrected chi connectivity index (χ1v) is 10.8. The molecule has 1 aliphatic heterocycles. The number of benzene rings is 2. The molecule has 33 heavy (non-hydrogen) atoms. The van der Waals surface area contributed by atoms with Crippen molar-refractivity contribution in [3.63, 3.8) is 0 Å². The Hall–Kier alpha value is -4.14. The molecule has 0 radical (unpaired) electrons. The third-order valence-electron chi connectivity index (χ3n) is 5.57. The number of carbonyl (C=O) groups excluding carboxylic acids is 2. The maximum Gasteiger partial charge on any atom is 0.255 e. The van der Waals surface area contributed by atoms with Gasteiger partial charge in [0.25, 0.3) is 5.91 Å². The first-order chi connectivity index (χ1) is 16.0. The number of rotatable bonds is 6. The molecule has 1 aromatic heterocycles. The van der Waals surface area contributed by atoms with Crippen LogP contribution in [0.1, 0.15) is 22.8 Å². The predicted octanol–water partition coefficient (Wildman–Crippen LogP) is 2.59. The quantitative estimate of drug-likeness (QED) is 0.499. The van der Waals surface area contributed by atoms with E-state index in [-0.39, 0.29) is 11.8 Å². The van der Waals surface area contributed by atoms with Crippen LogP contribution in [0.4, 0.5) is 23.1 Å². The van der Waals surface area contributed by atoms with Gasteiger partial charge in [-0.15, -0.1) is 0 Å². The summed E-state index contributed by atoms with van der Waals surface area (Å²) in [5.41, 5.74) is 8.54. The first-order valence-electron chi connectivity index (χ1n) is 10.8. The molecule has 3 aromatic rings. The van der Waals surface area contributed by atoms with E-state index in [9.17, 15) is 9.59 Å². The van der Waals surface area contributed by atoms with Gasteiger partial charge in [0.05, 0.1) is 11.4 Å². The number of para-hydroxylation sites is 2. The zero-order chi connectivity index (χ0) is 23.2. The summed E-state index contributed by atoms with van der Waals surface area (Å²) in [7, 11) is 0. The largest absolute Gasteiger partial charge is 0.397 e. The van der Waals surface area contributed by atoms with E-state index in [2.05, 4.69) is 25.5 Å². The molecule has 0 saturated carbocycles. The van der Waals surface area contributed by atoms with Crippen molar-refractivity contribution in [2.24, 2.45) is 0 Å². The van der Waals surface area contributed by atoms with Crippen LogP contribution in [-0.2, 0) is 11.3 Å². The van der Waals surface area contributed by atoms with Crippen molar-refractivity contribution in [2.75, 3.05) is 47.4 Å². The maximum atomic E-state index is 12.5. The summed E-state index contributed by atoms with van der Waals surface area (Å²) in [5.74, 6) is 1.26. The zero-order valence-electron chi connectivity index (χ0n) is 18.5. The van der Waals surface area contributed by atoms with Gasteiger partial charge in [-0.05, 0) is 35.9 Å². The molecule has 170 valence electrons. The number of nitrogens with two attached hydrogens (primary N) is 1. The Morgan fingerprint density at radius 1 is 1.00 bits per heavy atom. The van der Waals surface area contributed by atoms with E-state index in [4.69, 9.17) is 5.73 Å².